The highest BCUT2D eigenvalue weighted by atomic mass is 35.5. The molecule has 0 atom stereocenters. The molecule has 1 N–H and O–H groups in total. The van der Waals surface area contributed by atoms with Crippen molar-refractivity contribution in [1.82, 2.24) is 9.97 Å². The zero-order chi connectivity index (χ0) is 13.2. The van der Waals surface area contributed by atoms with Crippen molar-refractivity contribution in [1.29, 1.82) is 0 Å². The lowest BCUT2D eigenvalue weighted by Crippen LogP contribution is -1.95. The molecule has 19 heavy (non-hydrogen) atoms. The fourth-order valence-electron chi connectivity index (χ4n) is 1.87. The van der Waals surface area contributed by atoms with E-state index in [0.29, 0.717) is 10.0 Å². The van der Waals surface area contributed by atoms with Crippen LogP contribution in [0, 0.1) is 0 Å². The molecule has 0 saturated heterocycles. The van der Waals surface area contributed by atoms with Gasteiger partial charge in [0.25, 0.3) is 0 Å². The Labute approximate surface area is 120 Å². The third-order valence-electron chi connectivity index (χ3n) is 2.67. The lowest BCUT2D eigenvalue weighted by Gasteiger charge is -2.08. The summed E-state index contributed by atoms with van der Waals surface area (Å²) in [5, 5.41) is 5.31. The highest BCUT2D eigenvalue weighted by Gasteiger charge is 2.04. The number of nitrogens with one attached hydrogen (secondary N) is 1. The van der Waals surface area contributed by atoms with Crippen LogP contribution in [0.5, 0.6) is 0 Å². The van der Waals surface area contributed by atoms with Crippen molar-refractivity contribution < 1.29 is 0 Å². The maximum atomic E-state index is 5.98. The summed E-state index contributed by atoms with van der Waals surface area (Å²) < 4.78 is 0. The van der Waals surface area contributed by atoms with E-state index in [4.69, 9.17) is 23.2 Å². The molecule has 0 fully saturated rings. The molecule has 0 bridgehead atoms. The Morgan fingerprint density at radius 1 is 0.895 bits per heavy atom. The fraction of sp³-hybridized carbons (Fsp3) is 0. The van der Waals surface area contributed by atoms with Crippen LogP contribution in [0.4, 0.5) is 11.5 Å². The number of aromatic nitrogens is 2. The van der Waals surface area contributed by atoms with Crippen molar-refractivity contribution in [2.24, 2.45) is 0 Å². The first kappa shape index (κ1) is 12.2. The molecule has 0 aliphatic heterocycles. The van der Waals surface area contributed by atoms with E-state index in [1.54, 1.807) is 18.2 Å². The van der Waals surface area contributed by atoms with Gasteiger partial charge in [0.1, 0.15) is 12.1 Å². The molecule has 0 saturated carbocycles. The Morgan fingerprint density at radius 3 is 2.42 bits per heavy atom. The van der Waals surface area contributed by atoms with Crippen molar-refractivity contribution in [2.45, 2.75) is 0 Å². The van der Waals surface area contributed by atoms with E-state index in [2.05, 4.69) is 15.3 Å². The molecule has 0 aliphatic carbocycles. The van der Waals surface area contributed by atoms with E-state index in [0.717, 1.165) is 22.4 Å². The van der Waals surface area contributed by atoms with Crippen LogP contribution in [0.3, 0.4) is 0 Å². The minimum Gasteiger partial charge on any atom is -0.340 e. The van der Waals surface area contributed by atoms with Gasteiger partial charge < -0.3 is 5.32 Å². The van der Waals surface area contributed by atoms with Crippen LogP contribution in [0.2, 0.25) is 10.0 Å². The number of halogens is 2. The molecule has 0 amide bonds. The number of hydrogen-bond acceptors (Lipinski definition) is 3. The van der Waals surface area contributed by atoms with Gasteiger partial charge in [0.2, 0.25) is 0 Å². The summed E-state index contributed by atoms with van der Waals surface area (Å²) in [6.07, 6.45) is 1.52. The Morgan fingerprint density at radius 2 is 1.63 bits per heavy atom. The summed E-state index contributed by atoms with van der Waals surface area (Å²) in [7, 11) is 0. The Hall–Kier alpha value is -1.84. The summed E-state index contributed by atoms with van der Waals surface area (Å²) in [6, 6.07) is 13.1. The zero-order valence-corrected chi connectivity index (χ0v) is 11.3. The fourth-order valence-corrected chi connectivity index (χ4v) is 2.39. The molecule has 3 nitrogen and oxygen atoms in total. The maximum absolute atomic E-state index is 5.98. The van der Waals surface area contributed by atoms with Gasteiger partial charge in [0.15, 0.2) is 0 Å². The summed E-state index contributed by atoms with van der Waals surface area (Å²) >= 11 is 12.0. The van der Waals surface area contributed by atoms with E-state index in [1.807, 2.05) is 24.3 Å². The van der Waals surface area contributed by atoms with Gasteiger partial charge in [-0.1, -0.05) is 35.3 Å². The van der Waals surface area contributed by atoms with Crippen LogP contribution in [0.1, 0.15) is 0 Å². The monoisotopic (exact) mass is 289 g/mol. The van der Waals surface area contributed by atoms with Crippen molar-refractivity contribution in [3.8, 4) is 0 Å². The van der Waals surface area contributed by atoms with Gasteiger partial charge in [-0.15, -0.1) is 0 Å². The molecule has 0 radical (unpaired) electrons. The largest absolute Gasteiger partial charge is 0.340 e. The first-order chi connectivity index (χ1) is 9.22. The van der Waals surface area contributed by atoms with Crippen molar-refractivity contribution >= 4 is 45.6 Å². The van der Waals surface area contributed by atoms with E-state index in [-0.39, 0.29) is 0 Å². The van der Waals surface area contributed by atoms with Gasteiger partial charge in [0, 0.05) is 21.1 Å². The predicted octanol–water partition coefficient (Wildman–Crippen LogP) is 4.68. The van der Waals surface area contributed by atoms with Crippen molar-refractivity contribution in [2.75, 3.05) is 5.32 Å². The van der Waals surface area contributed by atoms with Crippen LogP contribution >= 0.6 is 23.2 Å². The van der Waals surface area contributed by atoms with Gasteiger partial charge in [-0.2, -0.15) is 0 Å². The number of anilines is 2. The third-order valence-corrected chi connectivity index (χ3v) is 3.10. The Bertz CT molecular complexity index is 718. The molecule has 0 unspecified atom stereocenters. The molecule has 0 aliphatic rings. The number of nitrogens with zero attached hydrogens (tertiary/aromatic N) is 2. The number of benzene rings is 2. The molecule has 3 rings (SSSR count). The maximum Gasteiger partial charge on any atom is 0.141 e. The van der Waals surface area contributed by atoms with E-state index >= 15 is 0 Å². The standard InChI is InChI=1S/C14H9Cl2N3/c15-9-5-10(16)7-11(6-9)19-14-12-3-1-2-4-13(12)17-8-18-14/h1-8H,(H,17,18,19). The quantitative estimate of drug-likeness (QED) is 0.744. The van der Waals surface area contributed by atoms with E-state index < -0.39 is 0 Å². The topological polar surface area (TPSA) is 37.8 Å². The highest BCUT2D eigenvalue weighted by molar-refractivity contribution is 6.35. The molecule has 5 heteroatoms. The lowest BCUT2D eigenvalue weighted by atomic mass is 10.2. The lowest BCUT2D eigenvalue weighted by molar-refractivity contribution is 1.22. The van der Waals surface area contributed by atoms with Crippen LogP contribution in [0.25, 0.3) is 10.9 Å². The highest BCUT2D eigenvalue weighted by Crippen LogP contribution is 2.27. The van der Waals surface area contributed by atoms with Gasteiger partial charge >= 0.3 is 0 Å². The Kier molecular flexibility index (Phi) is 3.23. The SMILES string of the molecule is Clc1cc(Cl)cc(Nc2ncnc3ccccc23)c1. The van der Waals surface area contributed by atoms with E-state index in [1.165, 1.54) is 6.33 Å². The summed E-state index contributed by atoms with van der Waals surface area (Å²) in [5.74, 6) is 0.726. The number of fused-ring (bicyclic) bond motifs is 1. The first-order valence-corrected chi connectivity index (χ1v) is 6.41. The molecule has 2 aromatic carbocycles. The van der Waals surface area contributed by atoms with E-state index in [9.17, 15) is 0 Å². The minimum atomic E-state index is 0.577. The van der Waals surface area contributed by atoms with Crippen LogP contribution in [0.15, 0.2) is 48.8 Å². The number of rotatable bonds is 2. The first-order valence-electron chi connectivity index (χ1n) is 5.65. The molecular weight excluding hydrogens is 281 g/mol. The summed E-state index contributed by atoms with van der Waals surface area (Å²) in [4.78, 5) is 8.47. The molecule has 0 spiro atoms. The zero-order valence-electron chi connectivity index (χ0n) is 9.77. The molecule has 94 valence electrons. The number of hydrogen-bond donors (Lipinski definition) is 1. The minimum absolute atomic E-state index is 0.577. The molecular formula is C14H9Cl2N3. The number of para-hydroxylation sites is 1. The van der Waals surface area contributed by atoms with Crippen LogP contribution in [-0.2, 0) is 0 Å². The van der Waals surface area contributed by atoms with Crippen LogP contribution in [-0.4, -0.2) is 9.97 Å². The third kappa shape index (κ3) is 2.62. The van der Waals surface area contributed by atoms with Crippen molar-refractivity contribution in [3.05, 3.63) is 58.8 Å². The second-order valence-electron chi connectivity index (χ2n) is 4.02. The van der Waals surface area contributed by atoms with Gasteiger partial charge in [-0.3, -0.25) is 0 Å². The normalized spacial score (nSPS) is 10.6. The summed E-state index contributed by atoms with van der Waals surface area (Å²) in [5.41, 5.74) is 1.68. The average Bonchev–Trinajstić information content (AvgIpc) is 2.38. The van der Waals surface area contributed by atoms with Gasteiger partial charge in [0.05, 0.1) is 5.52 Å². The molecule has 3 aromatic rings. The molecule has 1 aromatic heterocycles. The van der Waals surface area contributed by atoms with Crippen LogP contribution < -0.4 is 5.32 Å². The predicted molar refractivity (Wildman–Crippen MR) is 79.3 cm³/mol. The average molecular weight is 290 g/mol. The molecule has 1 heterocycles. The second-order valence-corrected chi connectivity index (χ2v) is 4.90. The summed E-state index contributed by atoms with van der Waals surface area (Å²) in [6.45, 7) is 0. The Balaban J connectivity index is 2.05. The smallest absolute Gasteiger partial charge is 0.141 e. The van der Waals surface area contributed by atoms with Gasteiger partial charge in [-0.05, 0) is 30.3 Å². The van der Waals surface area contributed by atoms with Gasteiger partial charge in [-0.25, -0.2) is 9.97 Å². The van der Waals surface area contributed by atoms with Crippen molar-refractivity contribution in [3.63, 3.8) is 0 Å². The second kappa shape index (κ2) is 5.03.